The summed E-state index contributed by atoms with van der Waals surface area (Å²) in [5.74, 6) is -2.74. The molecule has 0 aromatic heterocycles. The number of carboxylic acids is 1. The Labute approximate surface area is 162 Å². The minimum Gasteiger partial charge on any atom is -0.481 e. The molecule has 3 nitrogen and oxygen atoms in total. The van der Waals surface area contributed by atoms with E-state index in [0.717, 1.165) is 12.8 Å². The molecule has 1 fully saturated rings. The summed E-state index contributed by atoms with van der Waals surface area (Å²) in [5.41, 5.74) is 7.63. The quantitative estimate of drug-likeness (QED) is 0.698. The van der Waals surface area contributed by atoms with Gasteiger partial charge in [-0.05, 0) is 73.8 Å². The topological polar surface area (TPSA) is 63.3 Å². The first kappa shape index (κ1) is 20.4. The monoisotopic (exact) mass is 391 g/mol. The Kier molecular flexibility index (Phi) is 5.79. The summed E-state index contributed by atoms with van der Waals surface area (Å²) in [6.07, 6.45) is 1.55. The molecule has 0 amide bonds. The van der Waals surface area contributed by atoms with Crippen LogP contribution in [0.15, 0.2) is 18.2 Å². The van der Waals surface area contributed by atoms with E-state index in [1.165, 1.54) is 12.1 Å². The van der Waals surface area contributed by atoms with Gasteiger partial charge in [0, 0.05) is 17.2 Å². The second-order valence-electron chi connectivity index (χ2n) is 7.60. The van der Waals surface area contributed by atoms with E-state index in [4.69, 9.17) is 10.8 Å². The second-order valence-corrected chi connectivity index (χ2v) is 7.60. The van der Waals surface area contributed by atoms with Crippen LogP contribution in [0.5, 0.6) is 0 Å². The maximum Gasteiger partial charge on any atom is 0.304 e. The lowest BCUT2D eigenvalue weighted by Crippen LogP contribution is -2.24. The molecule has 150 valence electrons. The van der Waals surface area contributed by atoms with Crippen molar-refractivity contribution in [3.05, 3.63) is 57.9 Å². The molecular weight excluding hydrogens is 367 g/mol. The largest absolute Gasteiger partial charge is 0.481 e. The van der Waals surface area contributed by atoms with E-state index < -0.39 is 29.5 Å². The van der Waals surface area contributed by atoms with E-state index in [-0.39, 0.29) is 36.3 Å². The molecular formula is C22H24F3NO2. The lowest BCUT2D eigenvalue weighted by molar-refractivity contribution is -0.137. The lowest BCUT2D eigenvalue weighted by atomic mass is 9.87. The number of hydrogen-bond acceptors (Lipinski definition) is 2. The number of carboxylic acid groups (broad SMARTS) is 1. The molecule has 0 radical (unpaired) electrons. The summed E-state index contributed by atoms with van der Waals surface area (Å²) in [5, 5.41) is 8.84. The molecule has 1 atom stereocenters. The molecule has 0 unspecified atom stereocenters. The Morgan fingerprint density at radius 3 is 2.46 bits per heavy atom. The van der Waals surface area contributed by atoms with Crippen molar-refractivity contribution in [2.24, 2.45) is 5.73 Å². The average molecular weight is 391 g/mol. The van der Waals surface area contributed by atoms with Crippen molar-refractivity contribution in [2.75, 3.05) is 0 Å². The van der Waals surface area contributed by atoms with Crippen molar-refractivity contribution in [3.63, 3.8) is 0 Å². The van der Waals surface area contributed by atoms with E-state index in [2.05, 4.69) is 0 Å². The molecule has 1 saturated carbocycles. The zero-order valence-corrected chi connectivity index (χ0v) is 16.0. The van der Waals surface area contributed by atoms with Gasteiger partial charge in [0.15, 0.2) is 0 Å². The molecule has 6 heteroatoms. The summed E-state index contributed by atoms with van der Waals surface area (Å²) in [7, 11) is 0. The Morgan fingerprint density at radius 1 is 1.18 bits per heavy atom. The maximum atomic E-state index is 15.4. The third kappa shape index (κ3) is 3.92. The van der Waals surface area contributed by atoms with E-state index in [1.54, 1.807) is 19.9 Å². The molecule has 0 spiro atoms. The number of rotatable bonds is 7. The van der Waals surface area contributed by atoms with Crippen LogP contribution in [0.1, 0.15) is 53.9 Å². The molecule has 0 bridgehead atoms. The smallest absolute Gasteiger partial charge is 0.304 e. The Morgan fingerprint density at radius 2 is 1.86 bits per heavy atom. The van der Waals surface area contributed by atoms with Gasteiger partial charge >= 0.3 is 5.97 Å². The average Bonchev–Trinajstić information content (AvgIpc) is 3.42. The molecule has 0 heterocycles. The molecule has 1 aliphatic rings. The molecule has 3 rings (SSSR count). The lowest BCUT2D eigenvalue weighted by Gasteiger charge is -2.20. The normalized spacial score (nSPS) is 14.9. The van der Waals surface area contributed by atoms with Crippen LogP contribution in [0.25, 0.3) is 11.1 Å². The first-order valence-corrected chi connectivity index (χ1v) is 9.45. The number of benzene rings is 2. The van der Waals surface area contributed by atoms with Gasteiger partial charge in [0.2, 0.25) is 0 Å². The summed E-state index contributed by atoms with van der Waals surface area (Å²) in [6, 6.07) is 3.77. The van der Waals surface area contributed by atoms with Gasteiger partial charge in [-0.2, -0.15) is 0 Å². The fourth-order valence-corrected chi connectivity index (χ4v) is 3.81. The van der Waals surface area contributed by atoms with Crippen LogP contribution in [-0.4, -0.2) is 17.1 Å². The summed E-state index contributed by atoms with van der Waals surface area (Å²) >= 11 is 0. The number of halogens is 3. The van der Waals surface area contributed by atoms with Crippen LogP contribution >= 0.6 is 0 Å². The van der Waals surface area contributed by atoms with Crippen molar-refractivity contribution < 1.29 is 23.1 Å². The van der Waals surface area contributed by atoms with Gasteiger partial charge in [-0.3, -0.25) is 4.79 Å². The Balaban J connectivity index is 2.11. The molecule has 0 saturated heterocycles. The fourth-order valence-electron chi connectivity index (χ4n) is 3.81. The van der Waals surface area contributed by atoms with Gasteiger partial charge in [-0.15, -0.1) is 0 Å². The SMILES string of the molecule is Cc1c(F)cccc1-c1c(C)c(C2CC2)c(F)c(CC[C@H](N)CC(=O)O)c1F. The molecule has 2 aromatic rings. The van der Waals surface area contributed by atoms with Crippen molar-refractivity contribution >= 4 is 5.97 Å². The molecule has 0 aliphatic heterocycles. The van der Waals surface area contributed by atoms with Crippen LogP contribution in [0.2, 0.25) is 0 Å². The van der Waals surface area contributed by atoms with Crippen LogP contribution in [-0.2, 0) is 11.2 Å². The highest BCUT2D eigenvalue weighted by Gasteiger charge is 2.33. The van der Waals surface area contributed by atoms with Crippen LogP contribution in [0.3, 0.4) is 0 Å². The summed E-state index contributed by atoms with van der Waals surface area (Å²) < 4.78 is 44.7. The zero-order valence-electron chi connectivity index (χ0n) is 16.0. The van der Waals surface area contributed by atoms with Crippen molar-refractivity contribution in [2.45, 2.75) is 57.9 Å². The zero-order chi connectivity index (χ0) is 20.6. The van der Waals surface area contributed by atoms with Gasteiger partial charge in [-0.25, -0.2) is 13.2 Å². The Hall–Kier alpha value is -2.34. The van der Waals surface area contributed by atoms with Crippen molar-refractivity contribution in [1.82, 2.24) is 0 Å². The fraction of sp³-hybridized carbons (Fsp3) is 0.409. The summed E-state index contributed by atoms with van der Waals surface area (Å²) in [4.78, 5) is 10.8. The Bertz CT molecular complexity index is 923. The first-order chi connectivity index (χ1) is 13.2. The number of hydrogen-bond donors (Lipinski definition) is 2. The van der Waals surface area contributed by atoms with Crippen LogP contribution in [0, 0.1) is 31.3 Å². The highest BCUT2D eigenvalue weighted by atomic mass is 19.1. The summed E-state index contributed by atoms with van der Waals surface area (Å²) in [6.45, 7) is 3.26. The molecule has 3 N–H and O–H groups in total. The highest BCUT2D eigenvalue weighted by molar-refractivity contribution is 5.74. The van der Waals surface area contributed by atoms with E-state index in [9.17, 15) is 9.18 Å². The van der Waals surface area contributed by atoms with Crippen molar-refractivity contribution in [3.8, 4) is 11.1 Å². The third-order valence-electron chi connectivity index (χ3n) is 5.49. The number of nitrogens with two attached hydrogens (primary N) is 1. The van der Waals surface area contributed by atoms with E-state index in [0.29, 0.717) is 22.3 Å². The van der Waals surface area contributed by atoms with Gasteiger partial charge in [0.1, 0.15) is 17.5 Å². The van der Waals surface area contributed by atoms with Gasteiger partial charge in [0.05, 0.1) is 6.42 Å². The maximum absolute atomic E-state index is 15.4. The minimum absolute atomic E-state index is 0.00647. The van der Waals surface area contributed by atoms with Gasteiger partial charge in [-0.1, -0.05) is 12.1 Å². The predicted molar refractivity (Wildman–Crippen MR) is 102 cm³/mol. The molecule has 2 aromatic carbocycles. The number of aliphatic carboxylic acids is 1. The second kappa shape index (κ2) is 7.95. The first-order valence-electron chi connectivity index (χ1n) is 9.45. The van der Waals surface area contributed by atoms with Crippen LogP contribution < -0.4 is 5.73 Å². The predicted octanol–water partition coefficient (Wildman–Crippen LogP) is 5.00. The molecule has 28 heavy (non-hydrogen) atoms. The third-order valence-corrected chi connectivity index (χ3v) is 5.49. The van der Waals surface area contributed by atoms with E-state index in [1.807, 2.05) is 0 Å². The van der Waals surface area contributed by atoms with Crippen molar-refractivity contribution in [1.29, 1.82) is 0 Å². The number of carbonyl (C=O) groups is 1. The van der Waals surface area contributed by atoms with Gasteiger partial charge in [0.25, 0.3) is 0 Å². The highest BCUT2D eigenvalue weighted by Crippen LogP contribution is 2.47. The minimum atomic E-state index is -1.05. The van der Waals surface area contributed by atoms with Gasteiger partial charge < -0.3 is 10.8 Å². The standard InChI is InChI=1S/C22H24F3NO2/c1-11-15(4-3-5-17(11)23)20-12(2)19(13-6-7-13)21(24)16(22(20)25)9-8-14(26)10-18(27)28/h3-5,13-14H,6-10,26H2,1-2H3,(H,27,28)/t14-/m0/s1. The van der Waals surface area contributed by atoms with E-state index >= 15 is 8.78 Å². The van der Waals surface area contributed by atoms with Crippen LogP contribution in [0.4, 0.5) is 13.2 Å². The molecule has 1 aliphatic carbocycles.